The molecule has 1 saturated carbocycles. The van der Waals surface area contributed by atoms with Crippen LogP contribution in [0.1, 0.15) is 58.8 Å². The Morgan fingerprint density at radius 1 is 1.24 bits per heavy atom. The Bertz CT molecular complexity index is 1080. The fraction of sp³-hybridized carbons (Fsp3) is 0.478. The Labute approximate surface area is 197 Å². The Hall–Kier alpha value is -2.46. The Morgan fingerprint density at radius 2 is 1.91 bits per heavy atom. The van der Waals surface area contributed by atoms with E-state index in [1.165, 1.54) is 6.07 Å². The molecule has 0 bridgehead atoms. The molecule has 2 fully saturated rings. The summed E-state index contributed by atoms with van der Waals surface area (Å²) in [6.45, 7) is 0.481. The number of hydrogen-bond acceptors (Lipinski definition) is 4. The zero-order chi connectivity index (χ0) is 24.7. The molecule has 0 radical (unpaired) electrons. The van der Waals surface area contributed by atoms with Crippen LogP contribution in [0.25, 0.3) is 0 Å². The maximum absolute atomic E-state index is 15.4. The number of carboxylic acid groups (broad SMARTS) is 1. The smallest absolute Gasteiger partial charge is 0.417 e. The second-order valence-electron chi connectivity index (χ2n) is 8.82. The van der Waals surface area contributed by atoms with Crippen LogP contribution in [-0.2, 0) is 12.7 Å². The number of piperidine rings is 1. The van der Waals surface area contributed by atoms with Gasteiger partial charge in [0.2, 0.25) is 0 Å². The van der Waals surface area contributed by atoms with E-state index in [1.54, 1.807) is 0 Å². The van der Waals surface area contributed by atoms with Gasteiger partial charge in [-0.05, 0) is 49.3 Å². The summed E-state index contributed by atoms with van der Waals surface area (Å²) in [6.07, 6.45) is -1.96. The van der Waals surface area contributed by atoms with Crippen LogP contribution in [0.5, 0.6) is 5.75 Å². The van der Waals surface area contributed by atoms with E-state index in [0.29, 0.717) is 18.7 Å². The standard InChI is InChI=1S/C23H22ClF5N2O3/c24-17-7-14(23(27,28)29)10-30-19(17)11-31-5-3-22(26,4-6-31)12-34-20-9-18(25)16(21(32)33)8-15(20)13-1-2-13/h7-10,13H,1-6,11-12H2,(H,32,33). The number of ether oxygens (including phenoxy) is 1. The predicted octanol–water partition coefficient (Wildman–Crippen LogP) is 5.85. The Kier molecular flexibility index (Phi) is 6.74. The molecular formula is C23H22ClF5N2O3. The lowest BCUT2D eigenvalue weighted by Crippen LogP contribution is -2.44. The first-order chi connectivity index (χ1) is 15.9. The molecule has 2 aromatic rings. The first-order valence-corrected chi connectivity index (χ1v) is 11.2. The summed E-state index contributed by atoms with van der Waals surface area (Å²) in [7, 11) is 0. The van der Waals surface area contributed by atoms with Gasteiger partial charge in [-0.25, -0.2) is 13.6 Å². The van der Waals surface area contributed by atoms with Gasteiger partial charge in [0.1, 0.15) is 23.8 Å². The van der Waals surface area contributed by atoms with Crippen molar-refractivity contribution in [2.75, 3.05) is 19.7 Å². The summed E-state index contributed by atoms with van der Waals surface area (Å²) in [5.41, 5.74) is -2.20. The third-order valence-electron chi connectivity index (χ3n) is 6.20. The van der Waals surface area contributed by atoms with Gasteiger partial charge in [0.05, 0.1) is 21.8 Å². The van der Waals surface area contributed by atoms with Crippen molar-refractivity contribution in [1.29, 1.82) is 0 Å². The van der Waals surface area contributed by atoms with Crippen molar-refractivity contribution >= 4 is 17.6 Å². The molecule has 5 nitrogen and oxygen atoms in total. The second-order valence-corrected chi connectivity index (χ2v) is 9.22. The average Bonchev–Trinajstić information content (AvgIpc) is 3.60. The van der Waals surface area contributed by atoms with E-state index in [1.807, 2.05) is 4.90 Å². The highest BCUT2D eigenvalue weighted by atomic mass is 35.5. The fourth-order valence-corrected chi connectivity index (χ4v) is 4.21. The molecule has 1 saturated heterocycles. The summed E-state index contributed by atoms with van der Waals surface area (Å²) in [5, 5.41) is 9.04. The number of rotatable bonds is 7. The van der Waals surface area contributed by atoms with Crippen LogP contribution in [-0.4, -0.2) is 46.3 Å². The van der Waals surface area contributed by atoms with Gasteiger partial charge < -0.3 is 9.84 Å². The van der Waals surface area contributed by atoms with Crippen LogP contribution >= 0.6 is 11.6 Å². The molecule has 0 spiro atoms. The number of nitrogens with zero attached hydrogens (tertiary/aromatic N) is 2. The van der Waals surface area contributed by atoms with Gasteiger partial charge in [-0.3, -0.25) is 9.88 Å². The summed E-state index contributed by atoms with van der Waals surface area (Å²) < 4.78 is 73.5. The first kappa shape index (κ1) is 24.7. The molecule has 1 aromatic heterocycles. The topological polar surface area (TPSA) is 62.7 Å². The molecule has 1 aliphatic heterocycles. The minimum Gasteiger partial charge on any atom is -0.490 e. The summed E-state index contributed by atoms with van der Waals surface area (Å²) >= 11 is 5.97. The van der Waals surface area contributed by atoms with E-state index in [0.717, 1.165) is 31.2 Å². The summed E-state index contributed by atoms with van der Waals surface area (Å²) in [4.78, 5) is 16.9. The number of carbonyl (C=O) groups is 1. The van der Waals surface area contributed by atoms with Crippen molar-refractivity contribution in [1.82, 2.24) is 9.88 Å². The molecule has 2 heterocycles. The van der Waals surface area contributed by atoms with E-state index >= 15 is 4.39 Å². The lowest BCUT2D eigenvalue weighted by molar-refractivity contribution is -0.137. The number of alkyl halides is 4. The summed E-state index contributed by atoms with van der Waals surface area (Å²) in [6, 6.07) is 3.10. The highest BCUT2D eigenvalue weighted by molar-refractivity contribution is 6.31. The fourth-order valence-electron chi connectivity index (χ4n) is 3.99. The van der Waals surface area contributed by atoms with E-state index in [-0.39, 0.29) is 48.4 Å². The number of halogens is 6. The molecule has 1 aromatic carbocycles. The van der Waals surface area contributed by atoms with Gasteiger partial charge in [0.25, 0.3) is 0 Å². The number of likely N-dealkylation sites (tertiary alicyclic amines) is 1. The van der Waals surface area contributed by atoms with Crippen LogP contribution in [0.15, 0.2) is 24.4 Å². The van der Waals surface area contributed by atoms with E-state index in [2.05, 4.69) is 4.98 Å². The lowest BCUT2D eigenvalue weighted by Gasteiger charge is -2.36. The molecule has 0 unspecified atom stereocenters. The van der Waals surface area contributed by atoms with E-state index in [9.17, 15) is 22.4 Å². The van der Waals surface area contributed by atoms with Crippen LogP contribution in [0.2, 0.25) is 5.02 Å². The van der Waals surface area contributed by atoms with Crippen LogP contribution in [0.3, 0.4) is 0 Å². The molecule has 0 atom stereocenters. The third-order valence-corrected chi connectivity index (χ3v) is 6.53. The maximum atomic E-state index is 15.4. The Morgan fingerprint density at radius 3 is 2.47 bits per heavy atom. The van der Waals surface area contributed by atoms with Crippen LogP contribution in [0.4, 0.5) is 22.0 Å². The Balaban J connectivity index is 1.36. The quantitative estimate of drug-likeness (QED) is 0.479. The van der Waals surface area contributed by atoms with Crippen molar-refractivity contribution < 1.29 is 36.6 Å². The second kappa shape index (κ2) is 9.30. The predicted molar refractivity (Wildman–Crippen MR) is 113 cm³/mol. The van der Waals surface area contributed by atoms with E-state index < -0.39 is 34.8 Å². The van der Waals surface area contributed by atoms with Gasteiger partial charge in [0.15, 0.2) is 0 Å². The van der Waals surface area contributed by atoms with Crippen LogP contribution in [0, 0.1) is 5.82 Å². The van der Waals surface area contributed by atoms with Crippen molar-refractivity contribution in [3.8, 4) is 5.75 Å². The molecule has 34 heavy (non-hydrogen) atoms. The van der Waals surface area contributed by atoms with Crippen molar-refractivity contribution in [2.45, 2.75) is 50.0 Å². The highest BCUT2D eigenvalue weighted by Crippen LogP contribution is 2.45. The number of aromatic nitrogens is 1. The number of aromatic carboxylic acids is 1. The minimum atomic E-state index is -4.54. The van der Waals surface area contributed by atoms with Gasteiger partial charge in [0, 0.05) is 31.9 Å². The van der Waals surface area contributed by atoms with Crippen molar-refractivity contribution in [3.05, 3.63) is 57.6 Å². The molecule has 11 heteroatoms. The van der Waals surface area contributed by atoms with Gasteiger partial charge in [-0.2, -0.15) is 13.2 Å². The zero-order valence-corrected chi connectivity index (χ0v) is 18.7. The third kappa shape index (κ3) is 5.60. The molecule has 1 aliphatic carbocycles. The minimum absolute atomic E-state index is 0.0760. The van der Waals surface area contributed by atoms with Gasteiger partial charge >= 0.3 is 12.1 Å². The largest absolute Gasteiger partial charge is 0.490 e. The average molecular weight is 505 g/mol. The molecule has 1 N–H and O–H groups in total. The molecular weight excluding hydrogens is 483 g/mol. The zero-order valence-electron chi connectivity index (χ0n) is 18.0. The van der Waals surface area contributed by atoms with Crippen molar-refractivity contribution in [3.63, 3.8) is 0 Å². The summed E-state index contributed by atoms with van der Waals surface area (Å²) in [5.74, 6) is -2.07. The highest BCUT2D eigenvalue weighted by Gasteiger charge is 2.37. The lowest BCUT2D eigenvalue weighted by atomic mass is 9.94. The first-order valence-electron chi connectivity index (χ1n) is 10.8. The number of hydrogen-bond donors (Lipinski definition) is 1. The van der Waals surface area contributed by atoms with E-state index in [4.69, 9.17) is 21.4 Å². The SMILES string of the molecule is O=C(O)c1cc(C2CC2)c(OCC2(F)CCN(Cc3ncc(C(F)(F)F)cc3Cl)CC2)cc1F. The maximum Gasteiger partial charge on any atom is 0.417 e. The number of pyridine rings is 1. The molecule has 184 valence electrons. The molecule has 0 amide bonds. The van der Waals surface area contributed by atoms with Gasteiger partial charge in [-0.1, -0.05) is 11.6 Å². The molecule has 2 aliphatic rings. The number of benzene rings is 1. The monoisotopic (exact) mass is 504 g/mol. The number of carboxylic acids is 1. The molecule has 4 rings (SSSR count). The van der Waals surface area contributed by atoms with Gasteiger partial charge in [-0.15, -0.1) is 0 Å². The van der Waals surface area contributed by atoms with Crippen LogP contribution < -0.4 is 4.74 Å². The normalized spacial score (nSPS) is 18.6. The van der Waals surface area contributed by atoms with Crippen molar-refractivity contribution in [2.24, 2.45) is 0 Å².